The zero-order chi connectivity index (χ0) is 16.6. The third-order valence-electron chi connectivity index (χ3n) is 4.15. The number of hydrogen-bond donors (Lipinski definition) is 3. The molecule has 2 atom stereocenters. The predicted octanol–water partition coefficient (Wildman–Crippen LogP) is 4.27. The monoisotopic (exact) mass is 316 g/mol. The van der Waals surface area contributed by atoms with Crippen LogP contribution in [0.4, 0.5) is 0 Å². The van der Waals surface area contributed by atoms with E-state index in [-0.39, 0.29) is 18.6 Å². The van der Waals surface area contributed by atoms with Crippen LogP contribution in [0, 0.1) is 0 Å². The van der Waals surface area contributed by atoms with Crippen LogP contribution in [0.3, 0.4) is 0 Å². The fourth-order valence-electron chi connectivity index (χ4n) is 2.67. The molecule has 0 saturated heterocycles. The molecular formula is C18H36O4. The van der Waals surface area contributed by atoms with E-state index in [0.29, 0.717) is 12.8 Å². The molecule has 0 aliphatic carbocycles. The largest absolute Gasteiger partial charge is 0.481 e. The molecule has 0 aliphatic rings. The highest BCUT2D eigenvalue weighted by Gasteiger charge is 2.09. The molecule has 0 heterocycles. The fourth-order valence-corrected chi connectivity index (χ4v) is 2.67. The van der Waals surface area contributed by atoms with Crippen molar-refractivity contribution in [3.8, 4) is 0 Å². The summed E-state index contributed by atoms with van der Waals surface area (Å²) in [5, 5.41) is 28.3. The zero-order valence-corrected chi connectivity index (χ0v) is 14.3. The second kappa shape index (κ2) is 15.3. The average Bonchev–Trinajstić information content (AvgIpc) is 2.48. The van der Waals surface area contributed by atoms with Gasteiger partial charge in [0.1, 0.15) is 0 Å². The molecule has 3 N–H and O–H groups in total. The highest BCUT2D eigenvalue weighted by atomic mass is 16.4. The lowest BCUT2D eigenvalue weighted by molar-refractivity contribution is -0.137. The van der Waals surface area contributed by atoms with Gasteiger partial charge in [-0.05, 0) is 32.1 Å². The van der Waals surface area contributed by atoms with Crippen molar-refractivity contribution in [1.82, 2.24) is 0 Å². The van der Waals surface area contributed by atoms with Crippen molar-refractivity contribution in [2.75, 3.05) is 0 Å². The summed E-state index contributed by atoms with van der Waals surface area (Å²) in [7, 11) is 0. The molecule has 0 bridgehead atoms. The molecule has 0 amide bonds. The number of aliphatic hydroxyl groups excluding tert-OH is 2. The maximum absolute atomic E-state index is 10.3. The van der Waals surface area contributed by atoms with E-state index < -0.39 is 5.97 Å². The molecule has 0 aliphatic heterocycles. The molecule has 0 saturated carbocycles. The lowest BCUT2D eigenvalue weighted by atomic mass is 10.0. The van der Waals surface area contributed by atoms with Crippen LogP contribution in [0.15, 0.2) is 0 Å². The van der Waals surface area contributed by atoms with E-state index in [9.17, 15) is 15.0 Å². The molecule has 2 unspecified atom stereocenters. The number of rotatable bonds is 16. The molecule has 0 aromatic heterocycles. The molecule has 0 aromatic carbocycles. The molecule has 4 heteroatoms. The number of carboxylic acid groups (broad SMARTS) is 1. The van der Waals surface area contributed by atoms with E-state index in [1.165, 1.54) is 19.3 Å². The Bertz CT molecular complexity index is 255. The van der Waals surface area contributed by atoms with E-state index in [0.717, 1.165) is 51.4 Å². The molecule has 0 radical (unpaired) electrons. The summed E-state index contributed by atoms with van der Waals surface area (Å²) >= 11 is 0. The Morgan fingerprint density at radius 2 is 1.18 bits per heavy atom. The summed E-state index contributed by atoms with van der Waals surface area (Å²) in [6, 6.07) is 0. The van der Waals surface area contributed by atoms with Gasteiger partial charge in [-0.2, -0.15) is 0 Å². The molecule has 4 nitrogen and oxygen atoms in total. The van der Waals surface area contributed by atoms with Crippen LogP contribution in [-0.4, -0.2) is 33.5 Å². The van der Waals surface area contributed by atoms with Crippen LogP contribution in [0.1, 0.15) is 96.8 Å². The van der Waals surface area contributed by atoms with Crippen molar-refractivity contribution in [2.45, 2.75) is 109 Å². The van der Waals surface area contributed by atoms with Crippen LogP contribution in [-0.2, 0) is 4.79 Å². The minimum absolute atomic E-state index is 0.262. The Labute approximate surface area is 135 Å². The number of carboxylic acids is 1. The number of aliphatic carboxylic acids is 1. The highest BCUT2D eigenvalue weighted by Crippen LogP contribution is 2.14. The van der Waals surface area contributed by atoms with E-state index >= 15 is 0 Å². The van der Waals surface area contributed by atoms with Crippen LogP contribution >= 0.6 is 0 Å². The van der Waals surface area contributed by atoms with Gasteiger partial charge in [0.15, 0.2) is 0 Å². The predicted molar refractivity (Wildman–Crippen MR) is 90.0 cm³/mol. The van der Waals surface area contributed by atoms with E-state index in [1.807, 2.05) is 0 Å². The summed E-state index contributed by atoms with van der Waals surface area (Å²) in [5.74, 6) is -0.719. The van der Waals surface area contributed by atoms with Gasteiger partial charge in [-0.1, -0.05) is 58.3 Å². The minimum Gasteiger partial charge on any atom is -0.481 e. The van der Waals surface area contributed by atoms with Gasteiger partial charge in [-0.25, -0.2) is 0 Å². The number of aliphatic hydroxyl groups is 2. The van der Waals surface area contributed by atoms with Crippen LogP contribution in [0.5, 0.6) is 0 Å². The highest BCUT2D eigenvalue weighted by molar-refractivity contribution is 5.66. The van der Waals surface area contributed by atoms with E-state index in [1.54, 1.807) is 0 Å². The molecule has 0 spiro atoms. The smallest absolute Gasteiger partial charge is 0.303 e. The van der Waals surface area contributed by atoms with Crippen molar-refractivity contribution in [1.29, 1.82) is 0 Å². The van der Waals surface area contributed by atoms with E-state index in [4.69, 9.17) is 5.11 Å². The first kappa shape index (κ1) is 21.4. The molecule has 0 aromatic rings. The minimum atomic E-state index is -0.719. The van der Waals surface area contributed by atoms with Crippen LogP contribution in [0.25, 0.3) is 0 Å². The number of carbonyl (C=O) groups is 1. The standard InChI is InChI=1S/C18H36O4/c1-2-3-4-8-11-16(19)14-15-17(20)12-9-6-5-7-10-13-18(21)22/h16-17,19-20H,2-15H2,1H3,(H,21,22). The third-order valence-corrected chi connectivity index (χ3v) is 4.15. The molecule has 22 heavy (non-hydrogen) atoms. The average molecular weight is 316 g/mol. The Kier molecular flexibility index (Phi) is 14.9. The quantitative estimate of drug-likeness (QED) is 0.371. The molecule has 0 fully saturated rings. The van der Waals surface area contributed by atoms with Crippen LogP contribution in [0.2, 0.25) is 0 Å². The van der Waals surface area contributed by atoms with E-state index in [2.05, 4.69) is 6.92 Å². The van der Waals surface area contributed by atoms with Crippen molar-refractivity contribution in [3.05, 3.63) is 0 Å². The Balaban J connectivity index is 3.34. The maximum Gasteiger partial charge on any atom is 0.303 e. The summed E-state index contributed by atoms with van der Waals surface area (Å²) in [4.78, 5) is 10.3. The third kappa shape index (κ3) is 15.8. The number of unbranched alkanes of at least 4 members (excludes halogenated alkanes) is 7. The van der Waals surface area contributed by atoms with Crippen molar-refractivity contribution in [3.63, 3.8) is 0 Å². The summed E-state index contributed by atoms with van der Waals surface area (Å²) in [6.07, 6.45) is 12.3. The SMILES string of the molecule is CCCCCCC(O)CCC(O)CCCCCCCC(=O)O. The van der Waals surface area contributed by atoms with Gasteiger partial charge in [0.2, 0.25) is 0 Å². The Morgan fingerprint density at radius 1 is 0.727 bits per heavy atom. The first-order valence-electron chi connectivity index (χ1n) is 9.14. The molecule has 132 valence electrons. The molecule has 0 rings (SSSR count). The normalized spacial score (nSPS) is 14.0. The second-order valence-corrected chi connectivity index (χ2v) is 6.43. The van der Waals surface area contributed by atoms with Gasteiger partial charge >= 0.3 is 5.97 Å². The zero-order valence-electron chi connectivity index (χ0n) is 14.3. The van der Waals surface area contributed by atoms with Gasteiger partial charge in [0.05, 0.1) is 12.2 Å². The summed E-state index contributed by atoms with van der Waals surface area (Å²) in [5.41, 5.74) is 0. The topological polar surface area (TPSA) is 77.8 Å². The number of hydrogen-bond acceptors (Lipinski definition) is 3. The maximum atomic E-state index is 10.3. The van der Waals surface area contributed by atoms with Gasteiger partial charge in [-0.3, -0.25) is 4.79 Å². The van der Waals surface area contributed by atoms with Gasteiger partial charge in [0, 0.05) is 6.42 Å². The fraction of sp³-hybridized carbons (Fsp3) is 0.944. The van der Waals surface area contributed by atoms with Crippen molar-refractivity contribution in [2.24, 2.45) is 0 Å². The van der Waals surface area contributed by atoms with Crippen molar-refractivity contribution >= 4 is 5.97 Å². The second-order valence-electron chi connectivity index (χ2n) is 6.43. The van der Waals surface area contributed by atoms with Crippen molar-refractivity contribution < 1.29 is 20.1 Å². The lowest BCUT2D eigenvalue weighted by Crippen LogP contribution is -2.13. The summed E-state index contributed by atoms with van der Waals surface area (Å²) < 4.78 is 0. The van der Waals surface area contributed by atoms with Gasteiger partial charge in [-0.15, -0.1) is 0 Å². The Morgan fingerprint density at radius 3 is 1.68 bits per heavy atom. The first-order valence-corrected chi connectivity index (χ1v) is 9.14. The first-order chi connectivity index (χ1) is 10.6. The Hall–Kier alpha value is -0.610. The van der Waals surface area contributed by atoms with Gasteiger partial charge in [0.25, 0.3) is 0 Å². The lowest BCUT2D eigenvalue weighted by Gasteiger charge is -2.14. The van der Waals surface area contributed by atoms with Gasteiger partial charge < -0.3 is 15.3 Å². The van der Waals surface area contributed by atoms with Crippen LogP contribution < -0.4 is 0 Å². The molecular weight excluding hydrogens is 280 g/mol. The summed E-state index contributed by atoms with van der Waals surface area (Å²) in [6.45, 7) is 2.18.